The third-order valence-electron chi connectivity index (χ3n) is 3.23. The molecule has 2 atom stereocenters. The maximum Gasteiger partial charge on any atom is 0.523 e. The molecule has 0 bridgehead atoms. The van der Waals surface area contributed by atoms with E-state index in [4.69, 9.17) is 4.74 Å². The molecule has 1 rings (SSSR count). The summed E-state index contributed by atoms with van der Waals surface area (Å²) in [5, 5.41) is 0. The molecule has 1 saturated heterocycles. The molecule has 1 aliphatic heterocycles. The molecule has 4 heteroatoms. The van der Waals surface area contributed by atoms with Gasteiger partial charge in [-0.25, -0.2) is 4.79 Å². The average molecular weight is 214 g/mol. The summed E-state index contributed by atoms with van der Waals surface area (Å²) in [7, 11) is 0. The number of rotatable bonds is 2. The third kappa shape index (κ3) is 1.91. The number of amides is 2. The van der Waals surface area contributed by atoms with Gasteiger partial charge < -0.3 is 4.74 Å². The fourth-order valence-electron chi connectivity index (χ4n) is 2.34. The van der Waals surface area contributed by atoms with Crippen LogP contribution in [0.15, 0.2) is 0 Å². The zero-order valence-corrected chi connectivity index (χ0v) is 9.78. The molecule has 1 fully saturated rings. The van der Waals surface area contributed by atoms with E-state index >= 15 is 0 Å². The summed E-state index contributed by atoms with van der Waals surface area (Å²) in [6.07, 6.45) is 1.87. The van der Waals surface area contributed by atoms with Gasteiger partial charge in [-0.3, -0.25) is 0 Å². The Hall–Kier alpha value is -0.900. The van der Waals surface area contributed by atoms with E-state index in [1.807, 2.05) is 6.92 Å². The molecule has 4 nitrogen and oxygen atoms in total. The fraction of sp³-hybridized carbons (Fsp3) is 0.818. The highest BCUT2D eigenvalue weighted by molar-refractivity contribution is 5.81. The summed E-state index contributed by atoms with van der Waals surface area (Å²) in [5.41, 5.74) is 0. The third-order valence-corrected chi connectivity index (χ3v) is 3.23. The maximum absolute atomic E-state index is 11.9. The number of ether oxygens (including phenoxy) is 1. The van der Waals surface area contributed by atoms with Gasteiger partial charge in [-0.15, -0.1) is 0 Å². The van der Waals surface area contributed by atoms with Crippen molar-refractivity contribution < 1.29 is 18.8 Å². The molecule has 0 N–H and O–H groups in total. The van der Waals surface area contributed by atoms with Crippen molar-refractivity contribution in [3.8, 4) is 0 Å². The molecule has 0 spiro atoms. The van der Waals surface area contributed by atoms with Crippen molar-refractivity contribution in [3.63, 3.8) is 0 Å². The molecule has 1 aliphatic rings. The van der Waals surface area contributed by atoms with E-state index in [1.54, 1.807) is 13.8 Å². The smallest absolute Gasteiger partial charge is 0.420 e. The van der Waals surface area contributed by atoms with Crippen molar-refractivity contribution >= 4 is 12.0 Å². The van der Waals surface area contributed by atoms with Crippen molar-refractivity contribution in [3.05, 3.63) is 0 Å². The number of nitrogens with zero attached hydrogens (tertiary/aromatic N) is 1. The van der Waals surface area contributed by atoms with Crippen molar-refractivity contribution in [1.82, 2.24) is 0 Å². The zero-order valence-electron chi connectivity index (χ0n) is 9.78. The Labute approximate surface area is 90.8 Å². The molecule has 0 aromatic carbocycles. The predicted molar refractivity (Wildman–Crippen MR) is 56.1 cm³/mol. The van der Waals surface area contributed by atoms with Gasteiger partial charge in [0.25, 0.3) is 0 Å². The summed E-state index contributed by atoms with van der Waals surface area (Å²) >= 11 is 0. The van der Waals surface area contributed by atoms with Crippen molar-refractivity contribution in [2.75, 3.05) is 13.2 Å². The molecule has 0 aromatic heterocycles. The van der Waals surface area contributed by atoms with E-state index in [1.165, 1.54) is 0 Å². The van der Waals surface area contributed by atoms with Crippen LogP contribution in [0.2, 0.25) is 0 Å². The number of hydrogen-bond donors (Lipinski definition) is 0. The van der Waals surface area contributed by atoms with Gasteiger partial charge in [-0.1, -0.05) is 6.92 Å². The maximum atomic E-state index is 11.9. The molecule has 15 heavy (non-hydrogen) atoms. The highest BCUT2D eigenvalue weighted by Gasteiger charge is 2.52. The minimum Gasteiger partial charge on any atom is -0.420 e. The van der Waals surface area contributed by atoms with Crippen LogP contribution in [0.25, 0.3) is 0 Å². The van der Waals surface area contributed by atoms with Crippen LogP contribution in [-0.2, 0) is 9.53 Å². The molecule has 0 saturated carbocycles. The molecule has 0 radical (unpaired) electrons. The first-order chi connectivity index (χ1) is 7.09. The Morgan fingerprint density at radius 3 is 2.47 bits per heavy atom. The van der Waals surface area contributed by atoms with Crippen LogP contribution in [0.3, 0.4) is 0 Å². The second-order valence-electron chi connectivity index (χ2n) is 4.03. The van der Waals surface area contributed by atoms with Crippen LogP contribution >= 0.6 is 0 Å². The number of carbonyl (C=O) groups is 2. The topological polar surface area (TPSA) is 43.4 Å². The summed E-state index contributed by atoms with van der Waals surface area (Å²) < 4.78 is 4.94. The molecular weight excluding hydrogens is 194 g/mol. The lowest BCUT2D eigenvalue weighted by atomic mass is 10.2. The van der Waals surface area contributed by atoms with Crippen LogP contribution < -0.4 is 0 Å². The second-order valence-corrected chi connectivity index (χ2v) is 4.03. The molecule has 1 heterocycles. The Kier molecular flexibility index (Phi) is 3.85. The standard InChI is InChI=1S/C11H20NO3/c1-4-10(13)12(11(14)15-5-2)8-6-7-9(12)3/h9H,4-8H2,1-3H3/q+1/t9-,12?/m1/s1. The van der Waals surface area contributed by atoms with Gasteiger partial charge >= 0.3 is 12.0 Å². The molecule has 0 aromatic rings. The second kappa shape index (κ2) is 4.75. The first-order valence-electron chi connectivity index (χ1n) is 5.68. The molecule has 1 unspecified atom stereocenters. The quantitative estimate of drug-likeness (QED) is 0.661. The average Bonchev–Trinajstić information content (AvgIpc) is 2.60. The minimum absolute atomic E-state index is 0.0153. The van der Waals surface area contributed by atoms with Crippen molar-refractivity contribution in [2.24, 2.45) is 0 Å². The van der Waals surface area contributed by atoms with Crippen LogP contribution in [-0.4, -0.2) is 35.7 Å². The number of quaternary nitrogens is 1. The Morgan fingerprint density at radius 2 is 2.07 bits per heavy atom. The fourth-order valence-corrected chi connectivity index (χ4v) is 2.34. The zero-order chi connectivity index (χ0) is 11.5. The number of imide groups is 1. The number of carbonyl (C=O) groups excluding carboxylic acids is 2. The molecule has 2 amide bonds. The summed E-state index contributed by atoms with van der Waals surface area (Å²) in [6.45, 7) is 6.46. The van der Waals surface area contributed by atoms with E-state index < -0.39 is 0 Å². The predicted octanol–water partition coefficient (Wildman–Crippen LogP) is 2.08. The van der Waals surface area contributed by atoms with Gasteiger partial charge in [0.15, 0.2) is 0 Å². The van der Waals surface area contributed by atoms with Crippen LogP contribution in [0.5, 0.6) is 0 Å². The Bertz CT molecular complexity index is 265. The van der Waals surface area contributed by atoms with Gasteiger partial charge in [0.1, 0.15) is 6.04 Å². The molecule has 0 aliphatic carbocycles. The first-order valence-corrected chi connectivity index (χ1v) is 5.68. The Balaban J connectivity index is 2.96. The monoisotopic (exact) mass is 214 g/mol. The van der Waals surface area contributed by atoms with Gasteiger partial charge in [-0.05, 0) is 13.8 Å². The first kappa shape index (κ1) is 12.2. The van der Waals surface area contributed by atoms with E-state index in [2.05, 4.69) is 0 Å². The van der Waals surface area contributed by atoms with Crippen LogP contribution in [0, 0.1) is 0 Å². The van der Waals surface area contributed by atoms with E-state index in [0.717, 1.165) is 12.8 Å². The molecule has 86 valence electrons. The lowest BCUT2D eigenvalue weighted by Gasteiger charge is -2.31. The highest BCUT2D eigenvalue weighted by atomic mass is 16.6. The van der Waals surface area contributed by atoms with Crippen molar-refractivity contribution in [1.29, 1.82) is 0 Å². The normalized spacial score (nSPS) is 30.2. The number of likely N-dealkylation sites (tertiary alicyclic amines) is 1. The summed E-state index contributed by atoms with van der Waals surface area (Å²) in [4.78, 5) is 23.8. The lowest BCUT2D eigenvalue weighted by molar-refractivity contribution is -0.793. The van der Waals surface area contributed by atoms with Gasteiger partial charge in [-0.2, -0.15) is 9.28 Å². The van der Waals surface area contributed by atoms with Gasteiger partial charge in [0.05, 0.1) is 19.6 Å². The van der Waals surface area contributed by atoms with Gasteiger partial charge in [0.2, 0.25) is 0 Å². The van der Waals surface area contributed by atoms with Crippen molar-refractivity contribution in [2.45, 2.75) is 46.1 Å². The molecular formula is C11H20NO3+. The summed E-state index contributed by atoms with van der Waals surface area (Å²) in [6, 6.07) is 0.0662. The summed E-state index contributed by atoms with van der Waals surface area (Å²) in [5.74, 6) is -0.0153. The number of hydrogen-bond acceptors (Lipinski definition) is 3. The van der Waals surface area contributed by atoms with E-state index in [-0.39, 0.29) is 22.5 Å². The highest BCUT2D eigenvalue weighted by Crippen LogP contribution is 2.29. The van der Waals surface area contributed by atoms with E-state index in [9.17, 15) is 9.59 Å². The van der Waals surface area contributed by atoms with Gasteiger partial charge in [0, 0.05) is 12.8 Å². The largest absolute Gasteiger partial charge is 0.523 e. The lowest BCUT2D eigenvalue weighted by Crippen LogP contribution is -2.59. The SMILES string of the molecule is CCOC(=O)[N+]1(C(=O)CC)CCC[C@H]1C. The van der Waals surface area contributed by atoms with E-state index in [0.29, 0.717) is 19.6 Å². The Morgan fingerprint density at radius 1 is 1.40 bits per heavy atom. The van der Waals surface area contributed by atoms with Crippen LogP contribution in [0.1, 0.15) is 40.0 Å². The van der Waals surface area contributed by atoms with Crippen LogP contribution in [0.4, 0.5) is 4.79 Å². The minimum atomic E-state index is -0.366.